The summed E-state index contributed by atoms with van der Waals surface area (Å²) in [5.74, 6) is 0.766. The van der Waals surface area contributed by atoms with Gasteiger partial charge in [0, 0.05) is 18.4 Å². The van der Waals surface area contributed by atoms with Crippen LogP contribution < -0.4 is 15.0 Å². The Hall–Kier alpha value is -2.56. The number of benzene rings is 1. The average Bonchev–Trinajstić information content (AvgIpc) is 2.90. The number of anilines is 1. The van der Waals surface area contributed by atoms with Gasteiger partial charge in [-0.25, -0.2) is 4.79 Å². The lowest BCUT2D eigenvalue weighted by Crippen LogP contribution is -2.29. The zero-order valence-corrected chi connectivity index (χ0v) is 11.1. The molecular formula is C15H15N3O2. The predicted molar refractivity (Wildman–Crippen MR) is 75.8 cm³/mol. The van der Waals surface area contributed by atoms with Crippen LogP contribution in [0.3, 0.4) is 0 Å². The number of rotatable bonds is 3. The van der Waals surface area contributed by atoms with Crippen molar-refractivity contribution in [3.63, 3.8) is 0 Å². The van der Waals surface area contributed by atoms with Gasteiger partial charge >= 0.3 is 6.03 Å². The number of ether oxygens (including phenoxy) is 1. The third kappa shape index (κ3) is 2.18. The SMILES string of the molecule is COc1ccc(N2C(=O)NCC2c2ccccn2)cc1. The van der Waals surface area contributed by atoms with Crippen molar-refractivity contribution < 1.29 is 9.53 Å². The van der Waals surface area contributed by atoms with Crippen molar-refractivity contribution in [3.05, 3.63) is 54.4 Å². The Morgan fingerprint density at radius 3 is 2.70 bits per heavy atom. The summed E-state index contributed by atoms with van der Waals surface area (Å²) in [6, 6.07) is 13.0. The van der Waals surface area contributed by atoms with Gasteiger partial charge in [-0.15, -0.1) is 0 Å². The van der Waals surface area contributed by atoms with Crippen molar-refractivity contribution in [2.75, 3.05) is 18.6 Å². The summed E-state index contributed by atoms with van der Waals surface area (Å²) in [7, 11) is 1.62. The summed E-state index contributed by atoms with van der Waals surface area (Å²) in [5, 5.41) is 2.86. The summed E-state index contributed by atoms with van der Waals surface area (Å²) in [4.78, 5) is 18.1. The lowest BCUT2D eigenvalue weighted by molar-refractivity contribution is 0.251. The standard InChI is InChI=1S/C15H15N3O2/c1-20-12-7-5-11(6-8-12)18-14(10-17-15(18)19)13-4-2-3-9-16-13/h2-9,14H,10H2,1H3,(H,17,19). The van der Waals surface area contributed by atoms with Crippen LogP contribution in [-0.4, -0.2) is 24.7 Å². The summed E-state index contributed by atoms with van der Waals surface area (Å²) < 4.78 is 5.14. The molecule has 102 valence electrons. The number of nitrogens with one attached hydrogen (secondary N) is 1. The lowest BCUT2D eigenvalue weighted by atomic mass is 10.1. The maximum absolute atomic E-state index is 12.1. The van der Waals surface area contributed by atoms with Crippen molar-refractivity contribution >= 4 is 11.7 Å². The van der Waals surface area contributed by atoms with E-state index in [9.17, 15) is 4.79 Å². The van der Waals surface area contributed by atoms with E-state index >= 15 is 0 Å². The minimum absolute atomic E-state index is 0.0860. The topological polar surface area (TPSA) is 54.5 Å². The number of urea groups is 1. The highest BCUT2D eigenvalue weighted by molar-refractivity contribution is 5.95. The van der Waals surface area contributed by atoms with Gasteiger partial charge in [0.1, 0.15) is 5.75 Å². The van der Waals surface area contributed by atoms with Crippen LogP contribution in [0.5, 0.6) is 5.75 Å². The lowest BCUT2D eigenvalue weighted by Gasteiger charge is -2.22. The maximum atomic E-state index is 12.1. The maximum Gasteiger partial charge on any atom is 0.322 e. The largest absolute Gasteiger partial charge is 0.497 e. The number of hydrogen-bond donors (Lipinski definition) is 1. The molecule has 1 saturated heterocycles. The molecule has 5 heteroatoms. The molecule has 20 heavy (non-hydrogen) atoms. The third-order valence-electron chi connectivity index (χ3n) is 3.36. The van der Waals surface area contributed by atoms with Crippen LogP contribution in [0.2, 0.25) is 0 Å². The molecule has 2 aromatic rings. The Labute approximate surface area is 117 Å². The highest BCUT2D eigenvalue weighted by Crippen LogP contribution is 2.30. The fourth-order valence-electron chi connectivity index (χ4n) is 2.35. The number of methoxy groups -OCH3 is 1. The molecule has 0 spiro atoms. The van der Waals surface area contributed by atoms with Gasteiger partial charge in [-0.05, 0) is 36.4 Å². The first kappa shape index (κ1) is 12.5. The van der Waals surface area contributed by atoms with E-state index in [0.29, 0.717) is 6.54 Å². The fourth-order valence-corrected chi connectivity index (χ4v) is 2.35. The normalized spacial score (nSPS) is 17.9. The van der Waals surface area contributed by atoms with E-state index in [1.807, 2.05) is 42.5 Å². The molecule has 1 aliphatic rings. The average molecular weight is 269 g/mol. The minimum Gasteiger partial charge on any atom is -0.497 e. The second-order valence-corrected chi connectivity index (χ2v) is 4.52. The zero-order chi connectivity index (χ0) is 13.9. The van der Waals surface area contributed by atoms with Gasteiger partial charge < -0.3 is 10.1 Å². The summed E-state index contributed by atoms with van der Waals surface area (Å²) in [6.07, 6.45) is 1.74. The Bertz CT molecular complexity index is 598. The van der Waals surface area contributed by atoms with Gasteiger partial charge in [-0.3, -0.25) is 9.88 Å². The zero-order valence-electron chi connectivity index (χ0n) is 11.1. The molecule has 0 aliphatic carbocycles. The van der Waals surface area contributed by atoms with Crippen LogP contribution >= 0.6 is 0 Å². The molecule has 1 aromatic carbocycles. The number of pyridine rings is 1. The number of aromatic nitrogens is 1. The van der Waals surface area contributed by atoms with E-state index in [2.05, 4.69) is 10.3 Å². The fraction of sp³-hybridized carbons (Fsp3) is 0.200. The van der Waals surface area contributed by atoms with Gasteiger partial charge in [0.05, 0.1) is 18.8 Å². The molecule has 0 radical (unpaired) electrons. The number of carbonyl (C=O) groups excluding carboxylic acids is 1. The third-order valence-corrected chi connectivity index (χ3v) is 3.36. The van der Waals surface area contributed by atoms with E-state index in [-0.39, 0.29) is 12.1 Å². The molecule has 1 atom stereocenters. The molecule has 1 fully saturated rings. The van der Waals surface area contributed by atoms with Crippen molar-refractivity contribution in [2.24, 2.45) is 0 Å². The Morgan fingerprint density at radius 1 is 1.25 bits per heavy atom. The molecule has 0 bridgehead atoms. The van der Waals surface area contributed by atoms with Crippen molar-refractivity contribution in [1.29, 1.82) is 0 Å². The van der Waals surface area contributed by atoms with E-state index in [1.165, 1.54) is 0 Å². The first-order valence-corrected chi connectivity index (χ1v) is 6.41. The predicted octanol–water partition coefficient (Wildman–Crippen LogP) is 2.36. The van der Waals surface area contributed by atoms with Gasteiger partial charge in [0.15, 0.2) is 0 Å². The molecule has 0 saturated carbocycles. The highest BCUT2D eigenvalue weighted by atomic mass is 16.5. The highest BCUT2D eigenvalue weighted by Gasteiger charge is 2.33. The monoisotopic (exact) mass is 269 g/mol. The van der Waals surface area contributed by atoms with Crippen LogP contribution in [0.25, 0.3) is 0 Å². The molecule has 3 rings (SSSR count). The van der Waals surface area contributed by atoms with Crippen molar-refractivity contribution in [1.82, 2.24) is 10.3 Å². The van der Waals surface area contributed by atoms with Crippen LogP contribution in [0.15, 0.2) is 48.7 Å². The van der Waals surface area contributed by atoms with Gasteiger partial charge in [0.25, 0.3) is 0 Å². The number of nitrogens with zero attached hydrogens (tertiary/aromatic N) is 2. The Morgan fingerprint density at radius 2 is 2.05 bits per heavy atom. The molecule has 1 aliphatic heterocycles. The van der Waals surface area contributed by atoms with Gasteiger partial charge in [0.2, 0.25) is 0 Å². The summed E-state index contributed by atoms with van der Waals surface area (Å²) >= 11 is 0. The molecule has 1 unspecified atom stereocenters. The first-order valence-electron chi connectivity index (χ1n) is 6.41. The molecular weight excluding hydrogens is 254 g/mol. The van der Waals surface area contributed by atoms with Crippen LogP contribution in [0.1, 0.15) is 11.7 Å². The summed E-state index contributed by atoms with van der Waals surface area (Å²) in [6.45, 7) is 0.557. The van der Waals surface area contributed by atoms with Crippen LogP contribution in [0.4, 0.5) is 10.5 Å². The quantitative estimate of drug-likeness (QED) is 0.930. The van der Waals surface area contributed by atoms with Gasteiger partial charge in [-0.2, -0.15) is 0 Å². The van der Waals surface area contributed by atoms with Crippen molar-refractivity contribution in [2.45, 2.75) is 6.04 Å². The number of carbonyl (C=O) groups is 1. The second-order valence-electron chi connectivity index (χ2n) is 4.52. The molecule has 2 heterocycles. The van der Waals surface area contributed by atoms with E-state index in [4.69, 9.17) is 4.74 Å². The van der Waals surface area contributed by atoms with E-state index < -0.39 is 0 Å². The summed E-state index contributed by atoms with van der Waals surface area (Å²) in [5.41, 5.74) is 1.71. The first-order chi connectivity index (χ1) is 9.79. The van der Waals surface area contributed by atoms with Crippen molar-refractivity contribution in [3.8, 4) is 5.75 Å². The smallest absolute Gasteiger partial charge is 0.322 e. The van der Waals surface area contributed by atoms with Crippen LogP contribution in [-0.2, 0) is 0 Å². The van der Waals surface area contributed by atoms with Gasteiger partial charge in [-0.1, -0.05) is 6.07 Å². The van der Waals surface area contributed by atoms with E-state index in [0.717, 1.165) is 17.1 Å². The molecule has 1 aromatic heterocycles. The molecule has 2 amide bonds. The second kappa shape index (κ2) is 5.21. The Balaban J connectivity index is 1.94. The molecule has 1 N–H and O–H groups in total. The molecule has 5 nitrogen and oxygen atoms in total. The number of amides is 2. The van der Waals surface area contributed by atoms with Crippen LogP contribution in [0, 0.1) is 0 Å². The number of hydrogen-bond acceptors (Lipinski definition) is 3. The Kier molecular flexibility index (Phi) is 3.25. The van der Waals surface area contributed by atoms with E-state index in [1.54, 1.807) is 18.2 Å². The minimum atomic E-state index is -0.106.